The molecule has 1 heterocycles. The Morgan fingerprint density at radius 1 is 1.29 bits per heavy atom. The van der Waals surface area contributed by atoms with Crippen molar-refractivity contribution in [3.8, 4) is 11.3 Å². The maximum Gasteiger partial charge on any atom is 0.131 e. The summed E-state index contributed by atoms with van der Waals surface area (Å²) in [4.78, 5) is 4.95. The zero-order chi connectivity index (χ0) is 14.8. The third-order valence-corrected chi connectivity index (χ3v) is 5.02. The molecular formula is C17H22BrN3. The highest BCUT2D eigenvalue weighted by Crippen LogP contribution is 2.39. The number of rotatable bonds is 4. The lowest BCUT2D eigenvalue weighted by atomic mass is 10.1. The molecule has 0 amide bonds. The second kappa shape index (κ2) is 6.22. The van der Waals surface area contributed by atoms with Gasteiger partial charge in [0.15, 0.2) is 0 Å². The summed E-state index contributed by atoms with van der Waals surface area (Å²) in [6.45, 7) is 3.14. The van der Waals surface area contributed by atoms with Crippen LogP contribution in [0.25, 0.3) is 11.3 Å². The van der Waals surface area contributed by atoms with Gasteiger partial charge in [0.2, 0.25) is 0 Å². The highest BCUT2D eigenvalue weighted by atomic mass is 79.9. The van der Waals surface area contributed by atoms with Crippen LogP contribution in [0.5, 0.6) is 0 Å². The summed E-state index contributed by atoms with van der Waals surface area (Å²) >= 11 is 3.62. The number of nitrogens with two attached hydrogens (primary N) is 1. The molecule has 3 rings (SSSR count). The monoisotopic (exact) mass is 347 g/mol. The summed E-state index contributed by atoms with van der Waals surface area (Å²) in [5.74, 6) is 2.58. The average molecular weight is 348 g/mol. The zero-order valence-electron chi connectivity index (χ0n) is 12.5. The lowest BCUT2D eigenvalue weighted by Gasteiger charge is -2.12. The summed E-state index contributed by atoms with van der Waals surface area (Å²) in [6, 6.07) is 8.18. The van der Waals surface area contributed by atoms with Gasteiger partial charge in [0.05, 0.1) is 0 Å². The third kappa shape index (κ3) is 2.73. The van der Waals surface area contributed by atoms with E-state index >= 15 is 0 Å². The molecule has 0 unspecified atom stereocenters. The number of imidazole rings is 1. The Labute approximate surface area is 134 Å². The van der Waals surface area contributed by atoms with Crippen LogP contribution in [0.4, 0.5) is 5.82 Å². The van der Waals surface area contributed by atoms with E-state index in [0.29, 0.717) is 5.92 Å². The molecule has 1 fully saturated rings. The van der Waals surface area contributed by atoms with Gasteiger partial charge in [0, 0.05) is 22.5 Å². The van der Waals surface area contributed by atoms with Gasteiger partial charge in [-0.15, -0.1) is 0 Å². The molecule has 1 saturated carbocycles. The van der Waals surface area contributed by atoms with Crippen LogP contribution in [-0.2, 0) is 6.54 Å². The summed E-state index contributed by atoms with van der Waals surface area (Å²) in [6.07, 6.45) is 6.20. The van der Waals surface area contributed by atoms with Crippen molar-refractivity contribution in [1.82, 2.24) is 9.55 Å². The Hall–Kier alpha value is -1.29. The third-order valence-electron chi connectivity index (χ3n) is 4.33. The molecule has 2 N–H and O–H groups in total. The fourth-order valence-corrected chi connectivity index (χ4v) is 3.76. The molecule has 0 aliphatic heterocycles. The number of nitrogens with zero attached hydrogens (tertiary/aromatic N) is 2. The van der Waals surface area contributed by atoms with Gasteiger partial charge in [-0.3, -0.25) is 0 Å². The Kier molecular flexibility index (Phi) is 4.34. The van der Waals surface area contributed by atoms with E-state index in [4.69, 9.17) is 10.7 Å². The maximum atomic E-state index is 6.44. The van der Waals surface area contributed by atoms with Gasteiger partial charge in [-0.1, -0.05) is 53.9 Å². The lowest BCUT2D eigenvalue weighted by Crippen LogP contribution is -2.09. The van der Waals surface area contributed by atoms with E-state index in [2.05, 4.69) is 33.5 Å². The summed E-state index contributed by atoms with van der Waals surface area (Å²) in [5, 5.41) is 0. The fraction of sp³-hybridized carbons (Fsp3) is 0.471. The van der Waals surface area contributed by atoms with E-state index in [0.717, 1.165) is 34.5 Å². The molecule has 112 valence electrons. The van der Waals surface area contributed by atoms with Gasteiger partial charge in [-0.25, -0.2) is 4.98 Å². The van der Waals surface area contributed by atoms with Crippen LogP contribution >= 0.6 is 15.9 Å². The number of nitrogen functional groups attached to an aromatic ring is 1. The number of hydrogen-bond acceptors (Lipinski definition) is 2. The highest BCUT2D eigenvalue weighted by Gasteiger charge is 2.25. The topological polar surface area (TPSA) is 43.8 Å². The van der Waals surface area contributed by atoms with Gasteiger partial charge >= 0.3 is 0 Å². The number of anilines is 1. The Morgan fingerprint density at radius 3 is 2.67 bits per heavy atom. The van der Waals surface area contributed by atoms with Gasteiger partial charge in [0.25, 0.3) is 0 Å². The zero-order valence-corrected chi connectivity index (χ0v) is 14.1. The van der Waals surface area contributed by atoms with Crippen LogP contribution in [0.3, 0.4) is 0 Å². The van der Waals surface area contributed by atoms with E-state index in [-0.39, 0.29) is 0 Å². The summed E-state index contributed by atoms with van der Waals surface area (Å²) in [7, 11) is 0. The quantitative estimate of drug-likeness (QED) is 0.848. The van der Waals surface area contributed by atoms with Crippen molar-refractivity contribution < 1.29 is 0 Å². The average Bonchev–Trinajstić information content (AvgIpc) is 3.10. The number of benzene rings is 1. The van der Waals surface area contributed by atoms with Crippen molar-refractivity contribution in [2.45, 2.75) is 51.5 Å². The molecule has 0 bridgehead atoms. The van der Waals surface area contributed by atoms with E-state index in [9.17, 15) is 0 Å². The first-order chi connectivity index (χ1) is 10.2. The minimum absolute atomic E-state index is 0.579. The predicted octanol–water partition coefficient (Wildman–Crippen LogP) is 4.96. The Bertz CT molecular complexity index is 627. The normalized spacial score (nSPS) is 15.7. The summed E-state index contributed by atoms with van der Waals surface area (Å²) < 4.78 is 3.29. The smallest absolute Gasteiger partial charge is 0.131 e. The standard InChI is InChI=1S/C17H22BrN3/c1-2-11-21-16(19)15(13-9-5-6-10-14(13)18)20-17(21)12-7-3-4-8-12/h5-6,9-10,12H,2-4,7-8,11,19H2,1H3. The van der Waals surface area contributed by atoms with Crippen LogP contribution in [0.2, 0.25) is 0 Å². The van der Waals surface area contributed by atoms with Crippen LogP contribution in [0.15, 0.2) is 28.7 Å². The molecule has 3 nitrogen and oxygen atoms in total. The van der Waals surface area contributed by atoms with Crippen molar-refractivity contribution in [2.24, 2.45) is 0 Å². The fourth-order valence-electron chi connectivity index (χ4n) is 3.29. The molecule has 1 aromatic heterocycles. The second-order valence-electron chi connectivity index (χ2n) is 5.82. The van der Waals surface area contributed by atoms with Gasteiger partial charge in [-0.2, -0.15) is 0 Å². The number of halogens is 1. The molecule has 21 heavy (non-hydrogen) atoms. The lowest BCUT2D eigenvalue weighted by molar-refractivity contribution is 0.579. The second-order valence-corrected chi connectivity index (χ2v) is 6.67. The summed E-state index contributed by atoms with van der Waals surface area (Å²) in [5.41, 5.74) is 8.45. The number of hydrogen-bond donors (Lipinski definition) is 1. The minimum atomic E-state index is 0.579. The minimum Gasteiger partial charge on any atom is -0.383 e. The maximum absolute atomic E-state index is 6.44. The molecule has 0 spiro atoms. The van der Waals surface area contributed by atoms with Crippen molar-refractivity contribution in [3.63, 3.8) is 0 Å². The van der Waals surface area contributed by atoms with E-state index in [1.54, 1.807) is 0 Å². The molecule has 0 saturated heterocycles. The van der Waals surface area contributed by atoms with Gasteiger partial charge in [0.1, 0.15) is 17.3 Å². The molecule has 0 atom stereocenters. The van der Waals surface area contributed by atoms with Crippen molar-refractivity contribution >= 4 is 21.7 Å². The van der Waals surface area contributed by atoms with Crippen LogP contribution in [-0.4, -0.2) is 9.55 Å². The molecule has 1 aromatic carbocycles. The van der Waals surface area contributed by atoms with Crippen molar-refractivity contribution in [3.05, 3.63) is 34.6 Å². The van der Waals surface area contributed by atoms with Gasteiger partial charge in [-0.05, 0) is 25.3 Å². The number of aromatic nitrogens is 2. The Balaban J connectivity index is 2.09. The molecule has 1 aliphatic rings. The van der Waals surface area contributed by atoms with Crippen molar-refractivity contribution in [1.29, 1.82) is 0 Å². The molecule has 1 aliphatic carbocycles. The SMILES string of the molecule is CCCn1c(C2CCCC2)nc(-c2ccccc2Br)c1N. The Morgan fingerprint density at radius 2 is 2.00 bits per heavy atom. The van der Waals surface area contributed by atoms with Crippen LogP contribution < -0.4 is 5.73 Å². The first kappa shape index (κ1) is 14.6. The molecular weight excluding hydrogens is 326 g/mol. The van der Waals surface area contributed by atoms with Crippen LogP contribution in [0.1, 0.15) is 50.8 Å². The van der Waals surface area contributed by atoms with E-state index in [1.807, 2.05) is 18.2 Å². The van der Waals surface area contributed by atoms with Crippen LogP contribution in [0, 0.1) is 0 Å². The first-order valence-corrected chi connectivity index (χ1v) is 8.62. The first-order valence-electron chi connectivity index (χ1n) is 7.83. The molecule has 2 aromatic rings. The van der Waals surface area contributed by atoms with E-state index in [1.165, 1.54) is 31.5 Å². The van der Waals surface area contributed by atoms with E-state index < -0.39 is 0 Å². The molecule has 0 radical (unpaired) electrons. The molecule has 4 heteroatoms. The van der Waals surface area contributed by atoms with Gasteiger partial charge < -0.3 is 10.3 Å². The largest absolute Gasteiger partial charge is 0.383 e. The van der Waals surface area contributed by atoms with Crippen molar-refractivity contribution in [2.75, 3.05) is 5.73 Å². The highest BCUT2D eigenvalue weighted by molar-refractivity contribution is 9.10. The predicted molar refractivity (Wildman–Crippen MR) is 91.3 cm³/mol.